The van der Waals surface area contributed by atoms with E-state index in [1.165, 1.54) is 6.07 Å². The Balaban J connectivity index is 2.11. The van der Waals surface area contributed by atoms with Gasteiger partial charge in [-0.25, -0.2) is 9.18 Å². The van der Waals surface area contributed by atoms with Crippen LogP contribution in [0.3, 0.4) is 0 Å². The van der Waals surface area contributed by atoms with Gasteiger partial charge in [0.1, 0.15) is 11.6 Å². The molecule has 0 aromatic heterocycles. The lowest BCUT2D eigenvalue weighted by molar-refractivity contribution is -0.131. The quantitative estimate of drug-likeness (QED) is 0.739. The van der Waals surface area contributed by atoms with Crippen LogP contribution in [0, 0.1) is 5.82 Å². The van der Waals surface area contributed by atoms with E-state index in [9.17, 15) is 9.18 Å². The van der Waals surface area contributed by atoms with E-state index in [0.29, 0.717) is 17.7 Å². The molecule has 0 aliphatic heterocycles. The molecule has 3 nitrogen and oxygen atoms in total. The Morgan fingerprint density at radius 2 is 1.92 bits per heavy atom. The van der Waals surface area contributed by atoms with E-state index in [1.807, 2.05) is 38.1 Å². The Labute approximate surface area is 141 Å². The molecule has 0 amide bonds. The Morgan fingerprint density at radius 3 is 2.54 bits per heavy atom. The first kappa shape index (κ1) is 17.7. The van der Waals surface area contributed by atoms with E-state index >= 15 is 0 Å². The van der Waals surface area contributed by atoms with E-state index in [2.05, 4.69) is 0 Å². The number of hydrogen-bond acceptors (Lipinski definition) is 2. The van der Waals surface area contributed by atoms with Crippen LogP contribution < -0.4 is 4.74 Å². The van der Waals surface area contributed by atoms with Gasteiger partial charge >= 0.3 is 5.97 Å². The zero-order valence-corrected chi connectivity index (χ0v) is 13.8. The van der Waals surface area contributed by atoms with Crippen molar-refractivity contribution >= 4 is 5.97 Å². The van der Waals surface area contributed by atoms with Gasteiger partial charge in [-0.1, -0.05) is 30.3 Å². The molecule has 0 bridgehead atoms. The van der Waals surface area contributed by atoms with Crippen LogP contribution in [0.15, 0.2) is 54.6 Å². The minimum Gasteiger partial charge on any atom is -0.491 e. The molecule has 1 N–H and O–H groups in total. The van der Waals surface area contributed by atoms with Crippen molar-refractivity contribution in [1.82, 2.24) is 0 Å². The summed E-state index contributed by atoms with van der Waals surface area (Å²) in [5.41, 5.74) is 2.36. The van der Waals surface area contributed by atoms with Gasteiger partial charge in [-0.2, -0.15) is 0 Å². The third-order valence-corrected chi connectivity index (χ3v) is 3.43. The molecule has 0 saturated heterocycles. The smallest absolute Gasteiger partial charge is 0.327 e. The molecule has 0 spiro atoms. The van der Waals surface area contributed by atoms with Crippen molar-refractivity contribution in [1.29, 1.82) is 0 Å². The predicted octanol–water partition coefficient (Wildman–Crippen LogP) is 4.85. The van der Waals surface area contributed by atoms with E-state index in [0.717, 1.165) is 23.6 Å². The summed E-state index contributed by atoms with van der Waals surface area (Å²) in [5, 5.41) is 8.54. The van der Waals surface area contributed by atoms with Crippen LogP contribution in [0.5, 0.6) is 5.75 Å². The van der Waals surface area contributed by atoms with Crippen LogP contribution in [-0.2, 0) is 11.2 Å². The summed E-state index contributed by atoms with van der Waals surface area (Å²) >= 11 is 0. The van der Waals surface area contributed by atoms with Gasteiger partial charge in [0.25, 0.3) is 0 Å². The summed E-state index contributed by atoms with van der Waals surface area (Å²) in [7, 11) is 0. The summed E-state index contributed by atoms with van der Waals surface area (Å²) in [6.07, 6.45) is 4.19. The lowest BCUT2D eigenvalue weighted by Crippen LogP contribution is -2.05. The summed E-state index contributed by atoms with van der Waals surface area (Å²) in [5.74, 6) is -0.586. The molecule has 0 saturated carbocycles. The lowest BCUT2D eigenvalue weighted by atomic mass is 10.0. The monoisotopic (exact) mass is 328 g/mol. The maximum Gasteiger partial charge on any atom is 0.327 e. The SMILES string of the molecule is CC(C)Oc1ccc(F)c(-c2ccc(CC/C=C\C(=O)O)cc2)c1. The Morgan fingerprint density at radius 1 is 1.21 bits per heavy atom. The Hall–Kier alpha value is -2.62. The maximum atomic E-state index is 14.1. The molecule has 2 aromatic carbocycles. The first-order valence-corrected chi connectivity index (χ1v) is 7.90. The third-order valence-electron chi connectivity index (χ3n) is 3.43. The van der Waals surface area contributed by atoms with Gasteiger partial charge < -0.3 is 9.84 Å². The normalized spacial score (nSPS) is 11.2. The highest BCUT2D eigenvalue weighted by Crippen LogP contribution is 2.28. The second kappa shape index (κ2) is 8.29. The van der Waals surface area contributed by atoms with Gasteiger partial charge in [-0.05, 0) is 56.0 Å². The van der Waals surface area contributed by atoms with Crippen LogP contribution in [0.2, 0.25) is 0 Å². The molecule has 0 aliphatic carbocycles. The van der Waals surface area contributed by atoms with Crippen molar-refractivity contribution in [3.05, 3.63) is 66.0 Å². The first-order chi connectivity index (χ1) is 11.5. The number of benzene rings is 2. The molecular formula is C20H21FO3. The van der Waals surface area contributed by atoms with E-state index in [-0.39, 0.29) is 11.9 Å². The summed E-state index contributed by atoms with van der Waals surface area (Å²) in [4.78, 5) is 10.4. The number of carbonyl (C=O) groups is 1. The third kappa shape index (κ3) is 5.23. The molecule has 126 valence electrons. The van der Waals surface area contributed by atoms with Gasteiger partial charge in [0.05, 0.1) is 6.10 Å². The number of aryl methyl sites for hydroxylation is 1. The number of hydrogen-bond donors (Lipinski definition) is 1. The highest BCUT2D eigenvalue weighted by Gasteiger charge is 2.08. The fourth-order valence-electron chi connectivity index (χ4n) is 2.36. The summed E-state index contributed by atoms with van der Waals surface area (Å²) in [6.45, 7) is 3.85. The number of ether oxygens (including phenoxy) is 1. The number of carboxylic acid groups (broad SMARTS) is 1. The topological polar surface area (TPSA) is 46.5 Å². The number of aliphatic carboxylic acids is 1. The van der Waals surface area contributed by atoms with Crippen molar-refractivity contribution in [2.45, 2.75) is 32.8 Å². The number of rotatable bonds is 7. The van der Waals surface area contributed by atoms with Gasteiger partial charge in [-0.3, -0.25) is 0 Å². The average Bonchev–Trinajstić information content (AvgIpc) is 2.53. The van der Waals surface area contributed by atoms with Crippen molar-refractivity contribution in [3.8, 4) is 16.9 Å². The summed E-state index contributed by atoms with van der Waals surface area (Å²) in [6, 6.07) is 12.3. The Bertz CT molecular complexity index is 718. The van der Waals surface area contributed by atoms with Crippen molar-refractivity contribution in [2.24, 2.45) is 0 Å². The predicted molar refractivity (Wildman–Crippen MR) is 92.7 cm³/mol. The van der Waals surface area contributed by atoms with E-state index in [4.69, 9.17) is 9.84 Å². The van der Waals surface area contributed by atoms with E-state index < -0.39 is 5.97 Å². The number of carboxylic acids is 1. The molecule has 24 heavy (non-hydrogen) atoms. The van der Waals surface area contributed by atoms with Gasteiger partial charge in [0.2, 0.25) is 0 Å². The molecule has 0 unspecified atom stereocenters. The highest BCUT2D eigenvalue weighted by molar-refractivity contribution is 5.79. The highest BCUT2D eigenvalue weighted by atomic mass is 19.1. The largest absolute Gasteiger partial charge is 0.491 e. The van der Waals surface area contributed by atoms with E-state index in [1.54, 1.807) is 18.2 Å². The minimum absolute atomic E-state index is 0.0320. The fraction of sp³-hybridized carbons (Fsp3) is 0.250. The first-order valence-electron chi connectivity index (χ1n) is 7.90. The second-order valence-electron chi connectivity index (χ2n) is 5.78. The summed E-state index contributed by atoms with van der Waals surface area (Å²) < 4.78 is 19.7. The molecule has 0 radical (unpaired) electrons. The molecular weight excluding hydrogens is 307 g/mol. The molecule has 4 heteroatoms. The van der Waals surface area contributed by atoms with Crippen LogP contribution in [0.1, 0.15) is 25.8 Å². The zero-order valence-electron chi connectivity index (χ0n) is 13.8. The van der Waals surface area contributed by atoms with Crippen LogP contribution in [0.25, 0.3) is 11.1 Å². The fourth-order valence-corrected chi connectivity index (χ4v) is 2.36. The second-order valence-corrected chi connectivity index (χ2v) is 5.78. The van der Waals surface area contributed by atoms with Crippen molar-refractivity contribution < 1.29 is 19.0 Å². The lowest BCUT2D eigenvalue weighted by Gasteiger charge is -2.12. The zero-order chi connectivity index (χ0) is 17.5. The van der Waals surface area contributed by atoms with Crippen molar-refractivity contribution in [2.75, 3.05) is 0 Å². The standard InChI is InChI=1S/C20H21FO3/c1-14(2)24-17-11-12-19(21)18(13-17)16-9-7-15(8-10-16)5-3-4-6-20(22)23/h4,6-14H,3,5H2,1-2H3,(H,22,23)/b6-4-. The number of halogens is 1. The minimum atomic E-state index is -0.940. The molecule has 0 heterocycles. The molecule has 0 atom stereocenters. The maximum absolute atomic E-state index is 14.1. The molecule has 0 aliphatic rings. The average molecular weight is 328 g/mol. The van der Waals surface area contributed by atoms with Gasteiger partial charge in [-0.15, -0.1) is 0 Å². The molecule has 2 rings (SSSR count). The van der Waals surface area contributed by atoms with Crippen molar-refractivity contribution in [3.63, 3.8) is 0 Å². The molecule has 0 fully saturated rings. The number of allylic oxidation sites excluding steroid dienone is 1. The van der Waals surface area contributed by atoms with Gasteiger partial charge in [0.15, 0.2) is 0 Å². The van der Waals surface area contributed by atoms with Crippen LogP contribution in [0.4, 0.5) is 4.39 Å². The van der Waals surface area contributed by atoms with Crippen LogP contribution in [-0.4, -0.2) is 17.2 Å². The Kier molecular flexibility index (Phi) is 6.13. The van der Waals surface area contributed by atoms with Gasteiger partial charge in [0, 0.05) is 11.6 Å². The van der Waals surface area contributed by atoms with Crippen LogP contribution >= 0.6 is 0 Å². The molecule has 2 aromatic rings.